The number of ether oxygens (including phenoxy) is 3. The van der Waals surface area contributed by atoms with Crippen molar-refractivity contribution in [2.24, 2.45) is 4.99 Å². The molecule has 0 amide bonds. The maximum absolute atomic E-state index is 14.0. The van der Waals surface area contributed by atoms with Crippen LogP contribution in [0.15, 0.2) is 77.4 Å². The Hall–Kier alpha value is -3.20. The molecule has 3 aromatic carbocycles. The molecule has 0 saturated heterocycles. The van der Waals surface area contributed by atoms with Gasteiger partial charge >= 0.3 is 5.97 Å². The lowest BCUT2D eigenvalue weighted by Crippen LogP contribution is -2.07. The summed E-state index contributed by atoms with van der Waals surface area (Å²) < 4.78 is 31.6. The summed E-state index contributed by atoms with van der Waals surface area (Å²) >= 11 is 2.25. The molecule has 0 N–H and O–H groups in total. The first-order chi connectivity index (χ1) is 15.0. The number of methoxy groups -OCH3 is 1. The Morgan fingerprint density at radius 1 is 1.06 bits per heavy atom. The Bertz CT molecular complexity index is 1190. The van der Waals surface area contributed by atoms with Crippen LogP contribution >= 0.6 is 22.6 Å². The monoisotopic (exact) mass is 529 g/mol. The zero-order valence-electron chi connectivity index (χ0n) is 16.5. The van der Waals surface area contributed by atoms with Crippen LogP contribution in [0.4, 0.5) is 4.39 Å². The summed E-state index contributed by atoms with van der Waals surface area (Å²) in [6.07, 6.45) is 1.56. The van der Waals surface area contributed by atoms with E-state index in [0.29, 0.717) is 23.7 Å². The van der Waals surface area contributed by atoms with Gasteiger partial charge in [-0.2, -0.15) is 0 Å². The van der Waals surface area contributed by atoms with Gasteiger partial charge in [-0.3, -0.25) is 0 Å². The smallest absolute Gasteiger partial charge is 0.363 e. The molecule has 0 atom stereocenters. The molecule has 0 aliphatic carbocycles. The lowest BCUT2D eigenvalue weighted by atomic mass is 10.1. The summed E-state index contributed by atoms with van der Waals surface area (Å²) in [6, 6.07) is 19.3. The average Bonchev–Trinajstić information content (AvgIpc) is 3.14. The summed E-state index contributed by atoms with van der Waals surface area (Å²) in [7, 11) is 1.54. The van der Waals surface area contributed by atoms with Crippen molar-refractivity contribution in [1.82, 2.24) is 0 Å². The second kappa shape index (κ2) is 9.30. The minimum atomic E-state index is -0.642. The molecule has 0 unspecified atom stereocenters. The normalized spacial score (nSPS) is 14.4. The molecule has 1 heterocycles. The van der Waals surface area contributed by atoms with Gasteiger partial charge in [0.2, 0.25) is 5.90 Å². The van der Waals surface area contributed by atoms with Crippen molar-refractivity contribution in [2.75, 3.05) is 7.11 Å². The van der Waals surface area contributed by atoms with Crippen molar-refractivity contribution in [2.45, 2.75) is 6.61 Å². The van der Waals surface area contributed by atoms with Crippen LogP contribution in [0.1, 0.15) is 16.7 Å². The molecule has 1 aliphatic heterocycles. The number of aliphatic imine (C=N–C) groups is 1. The summed E-state index contributed by atoms with van der Waals surface area (Å²) in [5.74, 6) is -0.112. The van der Waals surface area contributed by atoms with Crippen molar-refractivity contribution in [3.63, 3.8) is 0 Å². The fraction of sp³-hybridized carbons (Fsp3) is 0.0833. The molecule has 1 aliphatic rings. The molecule has 0 bridgehead atoms. The zero-order chi connectivity index (χ0) is 21.8. The highest BCUT2D eigenvalue weighted by atomic mass is 127. The summed E-state index contributed by atoms with van der Waals surface area (Å²) in [4.78, 5) is 16.3. The Kier molecular flexibility index (Phi) is 6.31. The van der Waals surface area contributed by atoms with Gasteiger partial charge in [0.15, 0.2) is 17.2 Å². The van der Waals surface area contributed by atoms with Gasteiger partial charge in [0.25, 0.3) is 0 Å². The average molecular weight is 529 g/mol. The number of benzene rings is 3. The molecule has 0 aromatic heterocycles. The third-order valence-electron chi connectivity index (χ3n) is 4.52. The maximum atomic E-state index is 14.0. The number of carbonyl (C=O) groups is 1. The molecular formula is C24H17FINO4. The molecule has 0 saturated carbocycles. The fourth-order valence-electron chi connectivity index (χ4n) is 2.95. The lowest BCUT2D eigenvalue weighted by Gasteiger charge is -2.11. The van der Waals surface area contributed by atoms with Crippen LogP contribution in [0, 0.1) is 9.39 Å². The van der Waals surface area contributed by atoms with Crippen molar-refractivity contribution < 1.29 is 23.4 Å². The predicted octanol–water partition coefficient (Wildman–Crippen LogP) is 5.36. The molecule has 0 radical (unpaired) electrons. The minimum absolute atomic E-state index is 0.0567. The van der Waals surface area contributed by atoms with E-state index in [9.17, 15) is 9.18 Å². The van der Waals surface area contributed by atoms with E-state index in [-0.39, 0.29) is 17.2 Å². The van der Waals surface area contributed by atoms with Crippen LogP contribution in [0.3, 0.4) is 0 Å². The van der Waals surface area contributed by atoms with Gasteiger partial charge in [0.1, 0.15) is 12.4 Å². The standard InChI is InChI=1S/C24H17FINO4/c1-29-22-13-16(8-11-21(22)30-14-15-6-9-17(26)10-7-15)12-20-24(28)31-23(27-20)18-4-2-3-5-19(18)25/h2-13H,14H2,1H3/b20-12-. The second-order valence-corrected chi connectivity index (χ2v) is 7.89. The van der Waals surface area contributed by atoms with Crippen molar-refractivity contribution in [3.8, 4) is 11.5 Å². The lowest BCUT2D eigenvalue weighted by molar-refractivity contribution is -0.129. The molecule has 31 heavy (non-hydrogen) atoms. The Labute approximate surface area is 192 Å². The molecule has 3 aromatic rings. The van der Waals surface area contributed by atoms with Crippen molar-refractivity contribution >= 4 is 40.5 Å². The molecule has 0 spiro atoms. The van der Waals surface area contributed by atoms with Crippen molar-refractivity contribution in [1.29, 1.82) is 0 Å². The topological polar surface area (TPSA) is 57.1 Å². The number of hydrogen-bond acceptors (Lipinski definition) is 5. The van der Waals surface area contributed by atoms with E-state index in [2.05, 4.69) is 27.6 Å². The van der Waals surface area contributed by atoms with Crippen LogP contribution in [-0.2, 0) is 16.1 Å². The first-order valence-electron chi connectivity index (χ1n) is 9.36. The van der Waals surface area contributed by atoms with Gasteiger partial charge in [-0.05, 0) is 76.2 Å². The predicted molar refractivity (Wildman–Crippen MR) is 123 cm³/mol. The number of rotatable bonds is 6. The van der Waals surface area contributed by atoms with E-state index in [1.54, 1.807) is 43.5 Å². The molecule has 4 rings (SSSR count). The molecule has 0 fully saturated rings. The highest BCUT2D eigenvalue weighted by Gasteiger charge is 2.26. The van der Waals surface area contributed by atoms with Gasteiger partial charge < -0.3 is 14.2 Å². The summed E-state index contributed by atoms with van der Waals surface area (Å²) in [6.45, 7) is 0.399. The zero-order valence-corrected chi connectivity index (χ0v) is 18.6. The quantitative estimate of drug-likeness (QED) is 0.245. The maximum Gasteiger partial charge on any atom is 0.363 e. The highest BCUT2D eigenvalue weighted by molar-refractivity contribution is 14.1. The Morgan fingerprint density at radius 3 is 2.58 bits per heavy atom. The number of nitrogens with zero attached hydrogens (tertiary/aromatic N) is 1. The van der Waals surface area contributed by atoms with Gasteiger partial charge in [-0.15, -0.1) is 0 Å². The number of cyclic esters (lactones) is 1. The first kappa shape index (κ1) is 21.0. The van der Waals surface area contributed by atoms with E-state index < -0.39 is 11.8 Å². The van der Waals surface area contributed by atoms with Crippen LogP contribution in [0.25, 0.3) is 6.08 Å². The van der Waals surface area contributed by atoms with Crippen LogP contribution in [0.2, 0.25) is 0 Å². The number of hydrogen-bond donors (Lipinski definition) is 0. The van der Waals surface area contributed by atoms with Crippen molar-refractivity contribution in [3.05, 3.63) is 98.5 Å². The van der Waals surface area contributed by atoms with E-state index in [0.717, 1.165) is 9.13 Å². The Balaban J connectivity index is 1.54. The van der Waals surface area contributed by atoms with E-state index >= 15 is 0 Å². The second-order valence-electron chi connectivity index (χ2n) is 6.64. The minimum Gasteiger partial charge on any atom is -0.493 e. The van der Waals surface area contributed by atoms with Gasteiger partial charge in [0, 0.05) is 3.57 Å². The largest absolute Gasteiger partial charge is 0.493 e. The van der Waals surface area contributed by atoms with Crippen LogP contribution in [0.5, 0.6) is 11.5 Å². The van der Waals surface area contributed by atoms with E-state index in [4.69, 9.17) is 14.2 Å². The summed E-state index contributed by atoms with van der Waals surface area (Å²) in [5, 5.41) is 0. The van der Waals surface area contributed by atoms with Gasteiger partial charge in [0.05, 0.1) is 12.7 Å². The number of esters is 1. The summed E-state index contributed by atoms with van der Waals surface area (Å²) in [5.41, 5.74) is 1.92. The molecular weight excluding hydrogens is 512 g/mol. The third-order valence-corrected chi connectivity index (χ3v) is 5.24. The van der Waals surface area contributed by atoms with Crippen LogP contribution < -0.4 is 9.47 Å². The van der Waals surface area contributed by atoms with Gasteiger partial charge in [-0.1, -0.05) is 30.3 Å². The molecule has 5 nitrogen and oxygen atoms in total. The van der Waals surface area contributed by atoms with E-state index in [1.807, 2.05) is 24.3 Å². The first-order valence-corrected chi connectivity index (χ1v) is 10.4. The fourth-order valence-corrected chi connectivity index (χ4v) is 3.31. The van der Waals surface area contributed by atoms with Gasteiger partial charge in [-0.25, -0.2) is 14.2 Å². The van der Waals surface area contributed by atoms with E-state index in [1.165, 1.54) is 12.1 Å². The number of halogens is 2. The molecule has 7 heteroatoms. The SMILES string of the molecule is COc1cc(/C=C2\N=C(c3ccccc3F)OC2=O)ccc1OCc1ccc(I)cc1. The Morgan fingerprint density at radius 2 is 1.84 bits per heavy atom. The number of carbonyl (C=O) groups excluding carboxylic acids is 1. The van der Waals surface area contributed by atoms with Crippen LogP contribution in [-0.4, -0.2) is 19.0 Å². The third kappa shape index (κ3) is 4.93. The highest BCUT2D eigenvalue weighted by Crippen LogP contribution is 2.30. The molecule has 156 valence electrons.